The van der Waals surface area contributed by atoms with Crippen molar-refractivity contribution >= 4 is 11.9 Å². The highest BCUT2D eigenvalue weighted by atomic mass is 16.5. The Morgan fingerprint density at radius 1 is 1.21 bits per heavy atom. The lowest BCUT2D eigenvalue weighted by atomic mass is 9.82. The van der Waals surface area contributed by atoms with Crippen LogP contribution < -0.4 is 10.1 Å². The first-order valence-corrected chi connectivity index (χ1v) is 8.49. The normalized spacial score (nSPS) is 21.1. The van der Waals surface area contributed by atoms with Gasteiger partial charge >= 0.3 is 5.97 Å². The van der Waals surface area contributed by atoms with E-state index in [-0.39, 0.29) is 17.9 Å². The Hall–Kier alpha value is -2.04. The molecule has 0 atom stereocenters. The van der Waals surface area contributed by atoms with Crippen LogP contribution in [0.1, 0.15) is 45.1 Å². The summed E-state index contributed by atoms with van der Waals surface area (Å²) in [4.78, 5) is 23.7. The maximum atomic E-state index is 12.7. The van der Waals surface area contributed by atoms with Crippen LogP contribution in [-0.4, -0.2) is 30.1 Å². The number of carboxylic acids is 1. The Morgan fingerprint density at radius 3 is 2.42 bits per heavy atom. The Morgan fingerprint density at radius 2 is 1.83 bits per heavy atom. The molecule has 1 amide bonds. The van der Waals surface area contributed by atoms with E-state index in [0.717, 1.165) is 24.2 Å². The molecule has 1 aromatic carbocycles. The molecule has 1 aliphatic carbocycles. The Balaban J connectivity index is 1.94. The van der Waals surface area contributed by atoms with Crippen LogP contribution in [0, 0.1) is 11.3 Å². The molecule has 24 heavy (non-hydrogen) atoms. The molecule has 1 aliphatic rings. The lowest BCUT2D eigenvalue weighted by Crippen LogP contribution is -2.45. The van der Waals surface area contributed by atoms with Gasteiger partial charge < -0.3 is 15.2 Å². The minimum atomic E-state index is -0.726. The van der Waals surface area contributed by atoms with Gasteiger partial charge in [0.05, 0.1) is 13.0 Å². The van der Waals surface area contributed by atoms with Gasteiger partial charge in [0.15, 0.2) is 0 Å². The minimum Gasteiger partial charge on any atom is -0.496 e. The number of hydrogen-bond acceptors (Lipinski definition) is 3. The summed E-state index contributed by atoms with van der Waals surface area (Å²) in [5.74, 6) is -0.191. The van der Waals surface area contributed by atoms with Crippen LogP contribution in [-0.2, 0) is 16.0 Å². The molecule has 0 spiro atoms. The van der Waals surface area contributed by atoms with Crippen LogP contribution in [0.15, 0.2) is 24.3 Å². The molecule has 0 heterocycles. The van der Waals surface area contributed by atoms with Crippen LogP contribution in [0.2, 0.25) is 0 Å². The highest BCUT2D eigenvalue weighted by Gasteiger charge is 2.32. The largest absolute Gasteiger partial charge is 0.496 e. The first kappa shape index (κ1) is 18.3. The van der Waals surface area contributed by atoms with Crippen LogP contribution in [0.25, 0.3) is 0 Å². The Bertz CT molecular complexity index is 589. The van der Waals surface area contributed by atoms with Crippen LogP contribution >= 0.6 is 0 Å². The molecular weight excluding hydrogens is 306 g/mol. The molecule has 5 nitrogen and oxygen atoms in total. The van der Waals surface area contributed by atoms with Crippen LogP contribution in [0.4, 0.5) is 0 Å². The predicted molar refractivity (Wildman–Crippen MR) is 92.0 cm³/mol. The first-order valence-electron chi connectivity index (χ1n) is 8.49. The van der Waals surface area contributed by atoms with Gasteiger partial charge in [-0.25, -0.2) is 0 Å². The number of carboxylic acid groups (broad SMARTS) is 1. The van der Waals surface area contributed by atoms with Crippen molar-refractivity contribution in [1.29, 1.82) is 0 Å². The van der Waals surface area contributed by atoms with E-state index < -0.39 is 11.4 Å². The number of carbonyl (C=O) groups is 2. The second kappa shape index (κ2) is 7.69. The molecule has 5 heteroatoms. The lowest BCUT2D eigenvalue weighted by Gasteiger charge is -2.31. The Labute approximate surface area is 143 Å². The monoisotopic (exact) mass is 333 g/mol. The molecule has 0 radical (unpaired) electrons. The molecule has 132 valence electrons. The summed E-state index contributed by atoms with van der Waals surface area (Å²) in [6, 6.07) is 7.81. The van der Waals surface area contributed by atoms with E-state index in [9.17, 15) is 9.59 Å². The predicted octanol–water partition coefficient (Wildman–Crippen LogP) is 3.02. The van der Waals surface area contributed by atoms with E-state index in [0.29, 0.717) is 19.3 Å². The average molecular weight is 333 g/mol. The van der Waals surface area contributed by atoms with Gasteiger partial charge in [0.1, 0.15) is 5.75 Å². The summed E-state index contributed by atoms with van der Waals surface area (Å²) in [6.07, 6.45) is 3.31. The zero-order valence-corrected chi connectivity index (χ0v) is 14.7. The van der Waals surface area contributed by atoms with Crippen molar-refractivity contribution in [1.82, 2.24) is 5.32 Å². The average Bonchev–Trinajstić information content (AvgIpc) is 2.55. The van der Waals surface area contributed by atoms with E-state index in [2.05, 4.69) is 5.32 Å². The standard InChI is InChI=1S/C19H27NO4/c1-19(2,12-14-6-4-5-7-16(14)24-3)18(23)20-15-10-8-13(9-11-15)17(21)22/h4-7,13,15H,8-12H2,1-3H3,(H,20,23)(H,21,22). The molecule has 0 aliphatic heterocycles. The van der Waals surface area contributed by atoms with Crippen molar-refractivity contribution in [3.8, 4) is 5.75 Å². The van der Waals surface area contributed by atoms with Crippen LogP contribution in [0.3, 0.4) is 0 Å². The van der Waals surface area contributed by atoms with Crippen molar-refractivity contribution in [3.05, 3.63) is 29.8 Å². The smallest absolute Gasteiger partial charge is 0.306 e. The molecule has 0 saturated heterocycles. The van der Waals surface area contributed by atoms with Gasteiger partial charge in [-0.1, -0.05) is 32.0 Å². The fourth-order valence-corrected chi connectivity index (χ4v) is 3.27. The molecule has 2 N–H and O–H groups in total. The van der Waals surface area contributed by atoms with Gasteiger partial charge in [-0.05, 0) is 43.7 Å². The molecule has 1 aromatic rings. The van der Waals surface area contributed by atoms with E-state index in [1.54, 1.807) is 7.11 Å². The SMILES string of the molecule is COc1ccccc1CC(C)(C)C(=O)NC1CCC(C(=O)O)CC1. The number of amides is 1. The van der Waals surface area contributed by atoms with Gasteiger partial charge in [-0.15, -0.1) is 0 Å². The zero-order chi connectivity index (χ0) is 17.7. The summed E-state index contributed by atoms with van der Waals surface area (Å²) in [5, 5.41) is 12.2. The second-order valence-electron chi connectivity index (χ2n) is 7.23. The van der Waals surface area contributed by atoms with Gasteiger partial charge in [0.25, 0.3) is 0 Å². The van der Waals surface area contributed by atoms with Crippen LogP contribution in [0.5, 0.6) is 5.75 Å². The fourth-order valence-electron chi connectivity index (χ4n) is 3.27. The third kappa shape index (κ3) is 4.49. The minimum absolute atomic E-state index is 0.00665. The van der Waals surface area contributed by atoms with Gasteiger partial charge in [0, 0.05) is 11.5 Å². The summed E-state index contributed by atoms with van der Waals surface area (Å²) < 4.78 is 5.37. The van der Waals surface area contributed by atoms with Gasteiger partial charge in [-0.3, -0.25) is 9.59 Å². The number of para-hydroxylation sites is 1. The van der Waals surface area contributed by atoms with Crippen molar-refractivity contribution in [2.24, 2.45) is 11.3 Å². The van der Waals surface area contributed by atoms with Crippen molar-refractivity contribution in [3.63, 3.8) is 0 Å². The number of carbonyl (C=O) groups excluding carboxylic acids is 1. The van der Waals surface area contributed by atoms with Crippen molar-refractivity contribution < 1.29 is 19.4 Å². The highest BCUT2D eigenvalue weighted by molar-refractivity contribution is 5.82. The summed E-state index contributed by atoms with van der Waals surface area (Å²) in [5.41, 5.74) is 0.452. The fraction of sp³-hybridized carbons (Fsp3) is 0.579. The van der Waals surface area contributed by atoms with E-state index in [4.69, 9.17) is 9.84 Å². The van der Waals surface area contributed by atoms with E-state index in [1.807, 2.05) is 38.1 Å². The topological polar surface area (TPSA) is 75.6 Å². The van der Waals surface area contributed by atoms with Gasteiger partial charge in [0.2, 0.25) is 5.91 Å². The molecule has 2 rings (SSSR count). The third-order valence-electron chi connectivity index (χ3n) is 4.85. The Kier molecular flexibility index (Phi) is 5.86. The number of aliphatic carboxylic acids is 1. The maximum Gasteiger partial charge on any atom is 0.306 e. The van der Waals surface area contributed by atoms with E-state index >= 15 is 0 Å². The number of ether oxygens (including phenoxy) is 1. The van der Waals surface area contributed by atoms with Gasteiger partial charge in [-0.2, -0.15) is 0 Å². The zero-order valence-electron chi connectivity index (χ0n) is 14.7. The third-order valence-corrected chi connectivity index (χ3v) is 4.85. The number of methoxy groups -OCH3 is 1. The molecule has 0 bridgehead atoms. The second-order valence-corrected chi connectivity index (χ2v) is 7.23. The molecule has 1 fully saturated rings. The quantitative estimate of drug-likeness (QED) is 0.839. The van der Waals surface area contributed by atoms with Crippen molar-refractivity contribution in [2.75, 3.05) is 7.11 Å². The highest BCUT2D eigenvalue weighted by Crippen LogP contribution is 2.29. The number of rotatable bonds is 6. The maximum absolute atomic E-state index is 12.7. The molecule has 0 aromatic heterocycles. The number of benzene rings is 1. The van der Waals surface area contributed by atoms with Crippen molar-refractivity contribution in [2.45, 2.75) is 52.0 Å². The summed E-state index contributed by atoms with van der Waals surface area (Å²) in [7, 11) is 1.63. The number of hydrogen-bond donors (Lipinski definition) is 2. The summed E-state index contributed by atoms with van der Waals surface area (Å²) >= 11 is 0. The molecule has 1 saturated carbocycles. The number of nitrogens with one attached hydrogen (secondary N) is 1. The molecular formula is C19H27NO4. The summed E-state index contributed by atoms with van der Waals surface area (Å²) in [6.45, 7) is 3.86. The lowest BCUT2D eigenvalue weighted by molar-refractivity contribution is -0.142. The van der Waals surface area contributed by atoms with E-state index in [1.165, 1.54) is 0 Å². The molecule has 0 unspecified atom stereocenters. The first-order chi connectivity index (χ1) is 11.3.